The summed E-state index contributed by atoms with van der Waals surface area (Å²) in [6, 6.07) is 7.10. The Balaban J connectivity index is 2.04. The molecule has 0 aromatic heterocycles. The van der Waals surface area contributed by atoms with Gasteiger partial charge in [0.25, 0.3) is 10.0 Å². The molecule has 0 bridgehead atoms. The van der Waals surface area contributed by atoms with E-state index in [0.29, 0.717) is 16.3 Å². The number of nitrogens with zero attached hydrogens (tertiary/aromatic N) is 1. The minimum atomic E-state index is -3.40. The summed E-state index contributed by atoms with van der Waals surface area (Å²) in [5.41, 5.74) is 0.680. The molecular weight excluding hydrogens is 238 g/mol. The van der Waals surface area contributed by atoms with Crippen molar-refractivity contribution in [2.75, 3.05) is 13.1 Å². The van der Waals surface area contributed by atoms with Gasteiger partial charge < -0.3 is 5.32 Å². The lowest BCUT2D eigenvalue weighted by Crippen LogP contribution is -2.24. The number of benzene rings is 1. The van der Waals surface area contributed by atoms with Crippen LogP contribution < -0.4 is 10.0 Å². The molecule has 90 valence electrons. The molecular formula is C11H13N3O2S. The van der Waals surface area contributed by atoms with Crippen LogP contribution in [0.3, 0.4) is 0 Å². The number of nitrogens with one attached hydrogen (secondary N) is 2. The van der Waals surface area contributed by atoms with Gasteiger partial charge in [-0.2, -0.15) is 0 Å². The second-order valence-electron chi connectivity index (χ2n) is 4.23. The van der Waals surface area contributed by atoms with E-state index in [4.69, 9.17) is 0 Å². The molecule has 2 N–H and O–H groups in total. The number of sulfonamides is 1. The molecule has 0 saturated carbocycles. The van der Waals surface area contributed by atoms with Gasteiger partial charge in [-0.25, -0.2) is 8.42 Å². The highest BCUT2D eigenvalue weighted by molar-refractivity contribution is 7.90. The molecule has 0 amide bonds. The van der Waals surface area contributed by atoms with Crippen LogP contribution in [-0.4, -0.2) is 33.4 Å². The Kier molecular flexibility index (Phi) is 2.41. The summed E-state index contributed by atoms with van der Waals surface area (Å²) in [7, 11) is -3.40. The molecule has 6 heteroatoms. The number of aliphatic imine (C=N–C) groups is 1. The molecule has 1 aromatic carbocycles. The number of hydrogen-bond acceptors (Lipinski definition) is 4. The van der Waals surface area contributed by atoms with Gasteiger partial charge in [-0.15, -0.1) is 0 Å². The molecule has 5 nitrogen and oxygen atoms in total. The third kappa shape index (κ3) is 1.83. The molecule has 1 saturated heterocycles. The van der Waals surface area contributed by atoms with Crippen LogP contribution >= 0.6 is 0 Å². The first-order valence-electron chi connectivity index (χ1n) is 5.57. The fraction of sp³-hybridized carbons (Fsp3) is 0.364. The zero-order valence-electron chi connectivity index (χ0n) is 9.18. The Bertz CT molecular complexity index is 574. The van der Waals surface area contributed by atoms with Crippen molar-refractivity contribution >= 4 is 15.9 Å². The molecule has 0 spiro atoms. The van der Waals surface area contributed by atoms with E-state index >= 15 is 0 Å². The summed E-state index contributed by atoms with van der Waals surface area (Å²) >= 11 is 0. The number of hydrogen-bond donors (Lipinski definition) is 2. The lowest BCUT2D eigenvalue weighted by atomic mass is 10.2. The van der Waals surface area contributed by atoms with E-state index in [1.807, 2.05) is 6.07 Å². The molecule has 17 heavy (non-hydrogen) atoms. The largest absolute Gasteiger partial charge is 0.315 e. The maximum Gasteiger partial charge on any atom is 0.263 e. The van der Waals surface area contributed by atoms with Gasteiger partial charge in [0, 0.05) is 12.1 Å². The van der Waals surface area contributed by atoms with Gasteiger partial charge in [-0.05, 0) is 25.1 Å². The van der Waals surface area contributed by atoms with Crippen molar-refractivity contribution < 1.29 is 8.42 Å². The fourth-order valence-electron chi connectivity index (χ4n) is 2.16. The van der Waals surface area contributed by atoms with Crippen LogP contribution in [0.4, 0.5) is 0 Å². The Labute approximate surface area is 100 Å². The predicted molar refractivity (Wildman–Crippen MR) is 64.6 cm³/mol. The standard InChI is InChI=1S/C11H13N3O2S/c15-17(16)10-4-2-1-3-9(10)11(14-17)13-8-5-6-12-7-8/h1-4,8,12H,5-7H2,(H,13,14). The highest BCUT2D eigenvalue weighted by Gasteiger charge is 2.31. The first-order chi connectivity index (χ1) is 8.17. The van der Waals surface area contributed by atoms with Crippen molar-refractivity contribution in [3.8, 4) is 0 Å². The Morgan fingerprint density at radius 2 is 2.12 bits per heavy atom. The van der Waals surface area contributed by atoms with E-state index in [9.17, 15) is 8.42 Å². The van der Waals surface area contributed by atoms with E-state index in [2.05, 4.69) is 15.0 Å². The Hall–Kier alpha value is -1.40. The summed E-state index contributed by atoms with van der Waals surface area (Å²) in [5.74, 6) is 0.481. The van der Waals surface area contributed by atoms with Gasteiger partial charge >= 0.3 is 0 Å². The number of amidine groups is 1. The lowest BCUT2D eigenvalue weighted by Gasteiger charge is -2.03. The summed E-state index contributed by atoms with van der Waals surface area (Å²) in [5, 5.41) is 3.21. The van der Waals surface area contributed by atoms with Crippen molar-refractivity contribution in [2.45, 2.75) is 17.4 Å². The number of rotatable bonds is 1. The fourth-order valence-corrected chi connectivity index (χ4v) is 3.40. The average Bonchev–Trinajstić information content (AvgIpc) is 2.88. The van der Waals surface area contributed by atoms with E-state index in [0.717, 1.165) is 19.5 Å². The molecule has 1 atom stereocenters. The molecule has 1 unspecified atom stereocenters. The van der Waals surface area contributed by atoms with Crippen molar-refractivity contribution in [2.24, 2.45) is 4.99 Å². The van der Waals surface area contributed by atoms with Crippen LogP contribution in [0.15, 0.2) is 34.2 Å². The van der Waals surface area contributed by atoms with Crippen LogP contribution in [0.25, 0.3) is 0 Å². The highest BCUT2D eigenvalue weighted by atomic mass is 32.2. The Morgan fingerprint density at radius 1 is 1.29 bits per heavy atom. The van der Waals surface area contributed by atoms with Gasteiger partial charge in [0.1, 0.15) is 5.84 Å². The molecule has 2 heterocycles. The van der Waals surface area contributed by atoms with Crippen molar-refractivity contribution in [1.82, 2.24) is 10.0 Å². The van der Waals surface area contributed by atoms with Crippen LogP contribution in [0.5, 0.6) is 0 Å². The maximum absolute atomic E-state index is 11.8. The minimum Gasteiger partial charge on any atom is -0.315 e. The van der Waals surface area contributed by atoms with Crippen LogP contribution in [-0.2, 0) is 10.0 Å². The zero-order valence-corrected chi connectivity index (χ0v) is 10.00. The lowest BCUT2D eigenvalue weighted by molar-refractivity contribution is 0.595. The molecule has 0 radical (unpaired) electrons. The SMILES string of the molecule is O=S1(=O)NC(=NC2CCNC2)c2ccccc21. The second-order valence-corrected chi connectivity index (χ2v) is 5.88. The van der Waals surface area contributed by atoms with Gasteiger partial charge in [0.15, 0.2) is 0 Å². The summed E-state index contributed by atoms with van der Waals surface area (Å²) in [6.45, 7) is 1.75. The van der Waals surface area contributed by atoms with Crippen molar-refractivity contribution in [3.63, 3.8) is 0 Å². The topological polar surface area (TPSA) is 70.6 Å². The van der Waals surface area contributed by atoms with Gasteiger partial charge in [0.05, 0.1) is 10.9 Å². The summed E-state index contributed by atoms with van der Waals surface area (Å²) in [4.78, 5) is 4.80. The third-order valence-corrected chi connectivity index (χ3v) is 4.41. The van der Waals surface area contributed by atoms with E-state index in [-0.39, 0.29) is 6.04 Å². The van der Waals surface area contributed by atoms with E-state index in [1.54, 1.807) is 18.2 Å². The maximum atomic E-state index is 11.8. The molecule has 3 rings (SSSR count). The monoisotopic (exact) mass is 251 g/mol. The zero-order chi connectivity index (χ0) is 11.9. The third-order valence-electron chi connectivity index (χ3n) is 3.01. The quantitative estimate of drug-likeness (QED) is 0.743. The predicted octanol–water partition coefficient (Wildman–Crippen LogP) is 0.0870. The Morgan fingerprint density at radius 3 is 2.88 bits per heavy atom. The smallest absolute Gasteiger partial charge is 0.263 e. The van der Waals surface area contributed by atoms with Gasteiger partial charge in [-0.1, -0.05) is 12.1 Å². The first kappa shape index (κ1) is 10.7. The van der Waals surface area contributed by atoms with Crippen LogP contribution in [0, 0.1) is 0 Å². The normalized spacial score (nSPS) is 28.0. The number of fused-ring (bicyclic) bond motifs is 1. The van der Waals surface area contributed by atoms with Crippen molar-refractivity contribution in [3.05, 3.63) is 29.8 Å². The highest BCUT2D eigenvalue weighted by Crippen LogP contribution is 2.22. The van der Waals surface area contributed by atoms with Gasteiger partial charge in [0.2, 0.25) is 0 Å². The van der Waals surface area contributed by atoms with Crippen molar-refractivity contribution in [1.29, 1.82) is 0 Å². The molecule has 2 aliphatic heterocycles. The minimum absolute atomic E-state index is 0.166. The van der Waals surface area contributed by atoms with E-state index < -0.39 is 10.0 Å². The summed E-state index contributed by atoms with van der Waals surface area (Å²) < 4.78 is 26.2. The molecule has 0 aliphatic carbocycles. The van der Waals surface area contributed by atoms with Gasteiger partial charge in [-0.3, -0.25) is 9.71 Å². The molecule has 1 aromatic rings. The second kappa shape index (κ2) is 3.82. The van der Waals surface area contributed by atoms with E-state index in [1.165, 1.54) is 0 Å². The average molecular weight is 251 g/mol. The molecule has 2 aliphatic rings. The van der Waals surface area contributed by atoms with Crippen LogP contribution in [0.2, 0.25) is 0 Å². The van der Waals surface area contributed by atoms with Crippen LogP contribution in [0.1, 0.15) is 12.0 Å². The summed E-state index contributed by atoms with van der Waals surface area (Å²) in [6.07, 6.45) is 0.952. The first-order valence-corrected chi connectivity index (χ1v) is 7.06. The molecule has 1 fully saturated rings.